The monoisotopic (exact) mass is 516 g/mol. The Labute approximate surface area is 187 Å². The summed E-state index contributed by atoms with van der Waals surface area (Å²) in [5.41, 5.74) is 2.17. The van der Waals surface area contributed by atoms with E-state index in [1.807, 2.05) is 0 Å². The van der Waals surface area contributed by atoms with E-state index in [1.54, 1.807) is 30.0 Å². The fraction of sp³-hybridized carbons (Fsp3) is 0.350. The van der Waals surface area contributed by atoms with Gasteiger partial charge in [-0.1, -0.05) is 27.5 Å². The van der Waals surface area contributed by atoms with Gasteiger partial charge in [0.05, 0.1) is 5.69 Å². The van der Waals surface area contributed by atoms with Gasteiger partial charge in [0.1, 0.15) is 17.3 Å². The fourth-order valence-corrected chi connectivity index (χ4v) is 5.98. The first kappa shape index (κ1) is 21.5. The van der Waals surface area contributed by atoms with Crippen LogP contribution in [0.15, 0.2) is 39.7 Å². The van der Waals surface area contributed by atoms with E-state index >= 15 is 0 Å². The number of hydrogen-bond donors (Lipinski definition) is 0. The topological polar surface area (TPSA) is 66.9 Å². The van der Waals surface area contributed by atoms with Crippen molar-refractivity contribution in [1.29, 1.82) is 0 Å². The van der Waals surface area contributed by atoms with Crippen molar-refractivity contribution in [2.24, 2.45) is 0 Å². The Hall–Kier alpha value is -1.68. The smallest absolute Gasteiger partial charge is 0.414 e. The van der Waals surface area contributed by atoms with Crippen molar-refractivity contribution >= 4 is 49.3 Å². The van der Waals surface area contributed by atoms with Gasteiger partial charge in [-0.25, -0.2) is 17.6 Å². The van der Waals surface area contributed by atoms with Crippen molar-refractivity contribution in [3.05, 3.63) is 56.8 Å². The summed E-state index contributed by atoms with van der Waals surface area (Å²) in [6.45, 7) is 2.21. The molecule has 0 unspecified atom stereocenters. The summed E-state index contributed by atoms with van der Waals surface area (Å²) in [5, 5.41) is 0.555. The summed E-state index contributed by atoms with van der Waals surface area (Å²) >= 11 is 9.25. The number of halogens is 3. The van der Waals surface area contributed by atoms with Gasteiger partial charge in [-0.2, -0.15) is 4.31 Å². The van der Waals surface area contributed by atoms with Crippen molar-refractivity contribution in [2.75, 3.05) is 18.0 Å². The predicted molar refractivity (Wildman–Crippen MR) is 115 cm³/mol. The maximum Gasteiger partial charge on any atom is 0.414 e. The highest BCUT2D eigenvalue weighted by Crippen LogP contribution is 2.35. The molecule has 30 heavy (non-hydrogen) atoms. The molecule has 2 heterocycles. The molecule has 160 valence electrons. The van der Waals surface area contributed by atoms with E-state index in [9.17, 15) is 17.6 Å². The number of benzene rings is 2. The molecular weight excluding hydrogens is 499 g/mol. The molecule has 0 spiro atoms. The van der Waals surface area contributed by atoms with Crippen LogP contribution in [0.25, 0.3) is 0 Å². The summed E-state index contributed by atoms with van der Waals surface area (Å²) in [7, 11) is -3.98. The average molecular weight is 518 g/mol. The Kier molecular flexibility index (Phi) is 5.82. The quantitative estimate of drug-likeness (QED) is 0.583. The Bertz CT molecular complexity index is 1120. The van der Waals surface area contributed by atoms with Crippen LogP contribution in [0, 0.1) is 12.7 Å². The van der Waals surface area contributed by atoms with Crippen LogP contribution < -0.4 is 4.90 Å². The predicted octanol–water partition coefficient (Wildman–Crippen LogP) is 4.86. The van der Waals surface area contributed by atoms with Crippen molar-refractivity contribution < 1.29 is 22.3 Å². The van der Waals surface area contributed by atoms with E-state index in [2.05, 4.69) is 15.9 Å². The van der Waals surface area contributed by atoms with E-state index in [-0.39, 0.29) is 30.6 Å². The molecule has 0 atom stereocenters. The minimum absolute atomic E-state index is 0.153. The highest BCUT2D eigenvalue weighted by atomic mass is 79.9. The van der Waals surface area contributed by atoms with Crippen molar-refractivity contribution in [3.8, 4) is 0 Å². The standard InChI is InChI=1S/C20H19BrClFN2O4S/c1-12-8-19(17(23)10-16(12)21)30(27,28)24-6-4-15(5-7-24)25-18-3-2-14(22)9-13(18)11-29-20(25)26/h2-3,8-10,15H,4-7,11H2,1H3. The molecular formula is C20H19BrClFN2O4S. The molecule has 4 rings (SSSR count). The third-order valence-electron chi connectivity index (χ3n) is 5.47. The van der Waals surface area contributed by atoms with Crippen molar-refractivity contribution in [3.63, 3.8) is 0 Å². The Balaban J connectivity index is 1.55. The molecule has 1 amide bonds. The van der Waals surface area contributed by atoms with E-state index in [4.69, 9.17) is 16.3 Å². The molecule has 2 aromatic rings. The second kappa shape index (κ2) is 8.11. The van der Waals surface area contributed by atoms with Crippen LogP contribution in [0.3, 0.4) is 0 Å². The third-order valence-corrected chi connectivity index (χ3v) is 8.47. The number of piperidine rings is 1. The lowest BCUT2D eigenvalue weighted by Gasteiger charge is -2.39. The first-order chi connectivity index (χ1) is 14.2. The zero-order chi connectivity index (χ0) is 21.6. The number of fused-ring (bicyclic) bond motifs is 1. The van der Waals surface area contributed by atoms with Crippen LogP contribution in [-0.2, 0) is 21.4 Å². The van der Waals surface area contributed by atoms with Gasteiger partial charge in [-0.05, 0) is 55.7 Å². The number of sulfonamides is 1. The van der Waals surface area contributed by atoms with Gasteiger partial charge in [0.15, 0.2) is 0 Å². The molecule has 0 saturated carbocycles. The number of hydrogen-bond acceptors (Lipinski definition) is 4. The molecule has 6 nitrogen and oxygen atoms in total. The van der Waals surface area contributed by atoms with E-state index in [1.165, 1.54) is 16.4 Å². The van der Waals surface area contributed by atoms with Gasteiger partial charge in [-0.15, -0.1) is 0 Å². The number of cyclic esters (lactones) is 1. The average Bonchev–Trinajstić information content (AvgIpc) is 2.71. The van der Waals surface area contributed by atoms with Gasteiger partial charge in [0.2, 0.25) is 10.0 Å². The van der Waals surface area contributed by atoms with Gasteiger partial charge < -0.3 is 4.74 Å². The third kappa shape index (κ3) is 3.84. The Morgan fingerprint density at radius 3 is 2.60 bits per heavy atom. The molecule has 10 heteroatoms. The van der Waals surface area contributed by atoms with E-state index < -0.39 is 21.9 Å². The second-order valence-corrected chi connectivity index (χ2v) is 10.6. The number of amides is 1. The van der Waals surface area contributed by atoms with Crippen LogP contribution >= 0.6 is 27.5 Å². The molecule has 0 N–H and O–H groups in total. The fourth-order valence-electron chi connectivity index (χ4n) is 3.87. The van der Waals surface area contributed by atoms with Crippen LogP contribution in [-0.4, -0.2) is 37.9 Å². The zero-order valence-electron chi connectivity index (χ0n) is 16.1. The van der Waals surface area contributed by atoms with Crippen LogP contribution in [0.5, 0.6) is 0 Å². The molecule has 2 aromatic carbocycles. The molecule has 1 saturated heterocycles. The normalized spacial score (nSPS) is 18.3. The summed E-state index contributed by atoms with van der Waals surface area (Å²) in [4.78, 5) is 13.7. The first-order valence-electron chi connectivity index (χ1n) is 9.38. The lowest BCUT2D eigenvalue weighted by Crippen LogP contribution is -2.50. The summed E-state index contributed by atoms with van der Waals surface area (Å²) in [6, 6.07) is 7.53. The highest BCUT2D eigenvalue weighted by Gasteiger charge is 2.38. The maximum atomic E-state index is 14.4. The Morgan fingerprint density at radius 1 is 1.20 bits per heavy atom. The second-order valence-electron chi connectivity index (χ2n) is 7.36. The van der Waals surface area contributed by atoms with Gasteiger partial charge >= 0.3 is 6.09 Å². The maximum absolute atomic E-state index is 14.4. The minimum Gasteiger partial charge on any atom is -0.444 e. The first-order valence-corrected chi connectivity index (χ1v) is 12.0. The number of rotatable bonds is 3. The van der Waals surface area contributed by atoms with Crippen molar-refractivity contribution in [1.82, 2.24) is 4.31 Å². The lowest BCUT2D eigenvalue weighted by molar-refractivity contribution is 0.136. The largest absolute Gasteiger partial charge is 0.444 e. The van der Waals surface area contributed by atoms with Crippen LogP contribution in [0.2, 0.25) is 5.02 Å². The Morgan fingerprint density at radius 2 is 1.90 bits per heavy atom. The number of carbonyl (C=O) groups is 1. The SMILES string of the molecule is Cc1cc(S(=O)(=O)N2CCC(N3C(=O)OCc4cc(Cl)ccc43)CC2)c(F)cc1Br. The molecule has 2 aliphatic heterocycles. The lowest BCUT2D eigenvalue weighted by atomic mass is 10.0. The molecule has 2 aliphatic rings. The zero-order valence-corrected chi connectivity index (χ0v) is 19.2. The van der Waals surface area contributed by atoms with E-state index in [0.717, 1.165) is 11.3 Å². The molecule has 1 fully saturated rings. The number of carbonyl (C=O) groups excluding carboxylic acids is 1. The van der Waals surface area contributed by atoms with Crippen LogP contribution in [0.1, 0.15) is 24.0 Å². The minimum atomic E-state index is -3.98. The molecule has 0 aromatic heterocycles. The molecule has 0 bridgehead atoms. The molecule has 0 radical (unpaired) electrons. The number of ether oxygens (including phenoxy) is 1. The summed E-state index contributed by atoms with van der Waals surface area (Å²) in [5.74, 6) is -0.792. The van der Waals surface area contributed by atoms with Crippen LogP contribution in [0.4, 0.5) is 14.9 Å². The number of aryl methyl sites for hydroxylation is 1. The van der Waals surface area contributed by atoms with Crippen molar-refractivity contribution in [2.45, 2.75) is 37.3 Å². The van der Waals surface area contributed by atoms with Gasteiger partial charge in [-0.3, -0.25) is 4.90 Å². The van der Waals surface area contributed by atoms with E-state index in [0.29, 0.717) is 27.9 Å². The van der Waals surface area contributed by atoms with Gasteiger partial charge in [0, 0.05) is 34.2 Å². The summed E-state index contributed by atoms with van der Waals surface area (Å²) in [6.07, 6.45) is 0.363. The molecule has 0 aliphatic carbocycles. The highest BCUT2D eigenvalue weighted by molar-refractivity contribution is 9.10. The van der Waals surface area contributed by atoms with Gasteiger partial charge in [0.25, 0.3) is 0 Å². The number of nitrogens with zero attached hydrogens (tertiary/aromatic N) is 2. The number of anilines is 1. The summed E-state index contributed by atoms with van der Waals surface area (Å²) < 4.78 is 47.4.